The molecule has 0 heterocycles. The molecule has 0 aliphatic rings. The van der Waals surface area contributed by atoms with Gasteiger partial charge in [-0.15, -0.1) is 0 Å². The molecule has 0 bridgehead atoms. The van der Waals surface area contributed by atoms with Gasteiger partial charge in [0.1, 0.15) is 0 Å². The monoisotopic (exact) mass is 158 g/mol. The molecule has 0 unspecified atom stereocenters. The standard InChI is InChI=1S/C12H14/c1-3-11(2)9-10-12-7-5-4-6-8-12/h3-9H,1,10H2,2H3. The summed E-state index contributed by atoms with van der Waals surface area (Å²) in [6, 6.07) is 10.4. The first-order valence-electron chi connectivity index (χ1n) is 4.16. The van der Waals surface area contributed by atoms with Gasteiger partial charge >= 0.3 is 0 Å². The highest BCUT2D eigenvalue weighted by Gasteiger charge is 1.86. The molecule has 0 N–H and O–H groups in total. The van der Waals surface area contributed by atoms with Crippen LogP contribution in [0, 0.1) is 0 Å². The molecular formula is C12H14. The van der Waals surface area contributed by atoms with E-state index in [0.717, 1.165) is 6.42 Å². The van der Waals surface area contributed by atoms with Crippen LogP contribution in [0.1, 0.15) is 12.5 Å². The predicted molar refractivity (Wildman–Crippen MR) is 54.1 cm³/mol. The summed E-state index contributed by atoms with van der Waals surface area (Å²) in [5.41, 5.74) is 2.58. The Labute approximate surface area is 74.2 Å². The minimum absolute atomic E-state index is 0.999. The second-order valence-corrected chi connectivity index (χ2v) is 2.84. The van der Waals surface area contributed by atoms with E-state index in [9.17, 15) is 0 Å². The van der Waals surface area contributed by atoms with E-state index in [0.29, 0.717) is 0 Å². The van der Waals surface area contributed by atoms with E-state index in [1.807, 2.05) is 12.1 Å². The lowest BCUT2D eigenvalue weighted by atomic mass is 10.1. The fourth-order valence-corrected chi connectivity index (χ4v) is 0.976. The molecule has 0 saturated heterocycles. The third kappa shape index (κ3) is 2.75. The summed E-state index contributed by atoms with van der Waals surface area (Å²) in [4.78, 5) is 0. The van der Waals surface area contributed by atoms with E-state index in [1.165, 1.54) is 11.1 Å². The van der Waals surface area contributed by atoms with Crippen molar-refractivity contribution in [3.8, 4) is 0 Å². The van der Waals surface area contributed by atoms with Gasteiger partial charge in [-0.1, -0.05) is 54.6 Å². The van der Waals surface area contributed by atoms with Crippen molar-refractivity contribution in [3.05, 3.63) is 60.2 Å². The number of benzene rings is 1. The minimum atomic E-state index is 0.999. The van der Waals surface area contributed by atoms with Crippen molar-refractivity contribution in [3.63, 3.8) is 0 Å². The first-order valence-corrected chi connectivity index (χ1v) is 4.16. The van der Waals surface area contributed by atoms with Gasteiger partial charge in [-0.2, -0.15) is 0 Å². The molecular weight excluding hydrogens is 144 g/mol. The maximum absolute atomic E-state index is 3.70. The molecule has 1 rings (SSSR count). The topological polar surface area (TPSA) is 0 Å². The maximum Gasteiger partial charge on any atom is -0.00917 e. The first-order chi connectivity index (χ1) is 5.83. The third-order valence-electron chi connectivity index (χ3n) is 1.82. The third-order valence-corrected chi connectivity index (χ3v) is 1.82. The summed E-state index contributed by atoms with van der Waals surface area (Å²) in [6.07, 6.45) is 5.06. The van der Waals surface area contributed by atoms with Gasteiger partial charge in [0, 0.05) is 0 Å². The van der Waals surface area contributed by atoms with Crippen LogP contribution in [0.4, 0.5) is 0 Å². The molecule has 62 valence electrons. The molecule has 0 aliphatic heterocycles. The maximum atomic E-state index is 3.70. The van der Waals surface area contributed by atoms with Crippen LogP contribution in [0.2, 0.25) is 0 Å². The second-order valence-electron chi connectivity index (χ2n) is 2.84. The smallest absolute Gasteiger partial charge is 0.00917 e. The Balaban J connectivity index is 2.60. The van der Waals surface area contributed by atoms with E-state index in [2.05, 4.69) is 43.8 Å². The van der Waals surface area contributed by atoms with E-state index in [1.54, 1.807) is 0 Å². The SMILES string of the molecule is C=CC(C)=CCc1ccccc1. The minimum Gasteiger partial charge on any atom is -0.0988 e. The zero-order valence-electron chi connectivity index (χ0n) is 7.46. The first kappa shape index (κ1) is 8.79. The molecule has 0 aliphatic carbocycles. The lowest BCUT2D eigenvalue weighted by Gasteiger charge is -1.95. The molecule has 0 aromatic heterocycles. The molecule has 0 saturated carbocycles. The van der Waals surface area contributed by atoms with Crippen molar-refractivity contribution in [2.45, 2.75) is 13.3 Å². The van der Waals surface area contributed by atoms with Crippen molar-refractivity contribution in [2.24, 2.45) is 0 Å². The second kappa shape index (κ2) is 4.55. The molecule has 0 fully saturated rings. The predicted octanol–water partition coefficient (Wildman–Crippen LogP) is 3.36. The Hall–Kier alpha value is -1.30. The average molecular weight is 158 g/mol. The van der Waals surface area contributed by atoms with Crippen LogP contribution < -0.4 is 0 Å². The van der Waals surface area contributed by atoms with Gasteiger partial charge in [0.05, 0.1) is 0 Å². The van der Waals surface area contributed by atoms with Gasteiger partial charge in [-0.25, -0.2) is 0 Å². The van der Waals surface area contributed by atoms with E-state index < -0.39 is 0 Å². The van der Waals surface area contributed by atoms with Gasteiger partial charge in [0.25, 0.3) is 0 Å². The van der Waals surface area contributed by atoms with Crippen molar-refractivity contribution >= 4 is 0 Å². The largest absolute Gasteiger partial charge is 0.0988 e. The lowest BCUT2D eigenvalue weighted by molar-refractivity contribution is 1.24. The van der Waals surface area contributed by atoms with Crippen LogP contribution in [0.15, 0.2) is 54.6 Å². The number of hydrogen-bond donors (Lipinski definition) is 0. The number of allylic oxidation sites excluding steroid dienone is 3. The number of hydrogen-bond acceptors (Lipinski definition) is 0. The van der Waals surface area contributed by atoms with Gasteiger partial charge in [-0.3, -0.25) is 0 Å². The molecule has 1 aromatic carbocycles. The molecule has 0 amide bonds. The van der Waals surface area contributed by atoms with E-state index in [-0.39, 0.29) is 0 Å². The lowest BCUT2D eigenvalue weighted by Crippen LogP contribution is -1.79. The highest BCUT2D eigenvalue weighted by Crippen LogP contribution is 2.02. The molecule has 0 radical (unpaired) electrons. The molecule has 0 heteroatoms. The van der Waals surface area contributed by atoms with Crippen molar-refractivity contribution in [1.82, 2.24) is 0 Å². The van der Waals surface area contributed by atoms with Gasteiger partial charge in [-0.05, 0) is 18.9 Å². The average Bonchev–Trinajstić information content (AvgIpc) is 2.16. The van der Waals surface area contributed by atoms with Crippen molar-refractivity contribution < 1.29 is 0 Å². The van der Waals surface area contributed by atoms with Crippen LogP contribution in [-0.4, -0.2) is 0 Å². The summed E-state index contributed by atoms with van der Waals surface area (Å²) < 4.78 is 0. The fraction of sp³-hybridized carbons (Fsp3) is 0.167. The van der Waals surface area contributed by atoms with Crippen LogP contribution >= 0.6 is 0 Å². The van der Waals surface area contributed by atoms with E-state index >= 15 is 0 Å². The molecule has 0 nitrogen and oxygen atoms in total. The fourth-order valence-electron chi connectivity index (χ4n) is 0.976. The highest BCUT2D eigenvalue weighted by molar-refractivity contribution is 5.21. The normalized spacial score (nSPS) is 11.2. The quantitative estimate of drug-likeness (QED) is 0.592. The van der Waals surface area contributed by atoms with Crippen molar-refractivity contribution in [2.75, 3.05) is 0 Å². The molecule has 1 aromatic rings. The summed E-state index contributed by atoms with van der Waals surface area (Å²) >= 11 is 0. The van der Waals surface area contributed by atoms with Crippen LogP contribution in [0.25, 0.3) is 0 Å². The van der Waals surface area contributed by atoms with Crippen LogP contribution in [0.3, 0.4) is 0 Å². The Kier molecular flexibility index (Phi) is 3.34. The zero-order chi connectivity index (χ0) is 8.81. The zero-order valence-corrected chi connectivity index (χ0v) is 7.46. The molecule has 0 atom stereocenters. The Morgan fingerprint density at radius 2 is 2.00 bits per heavy atom. The summed E-state index contributed by atoms with van der Waals surface area (Å²) in [5, 5.41) is 0. The van der Waals surface area contributed by atoms with E-state index in [4.69, 9.17) is 0 Å². The van der Waals surface area contributed by atoms with Crippen molar-refractivity contribution in [1.29, 1.82) is 0 Å². The number of rotatable bonds is 3. The highest BCUT2D eigenvalue weighted by atomic mass is 13.9. The summed E-state index contributed by atoms with van der Waals surface area (Å²) in [6.45, 7) is 5.77. The Morgan fingerprint density at radius 1 is 1.33 bits per heavy atom. The van der Waals surface area contributed by atoms with Crippen LogP contribution in [-0.2, 0) is 6.42 Å². The van der Waals surface area contributed by atoms with Crippen LogP contribution in [0.5, 0.6) is 0 Å². The Morgan fingerprint density at radius 3 is 2.58 bits per heavy atom. The molecule has 0 spiro atoms. The Bertz CT molecular complexity index is 267. The summed E-state index contributed by atoms with van der Waals surface area (Å²) in [7, 11) is 0. The molecule has 12 heavy (non-hydrogen) atoms. The summed E-state index contributed by atoms with van der Waals surface area (Å²) in [5.74, 6) is 0. The van der Waals surface area contributed by atoms with Gasteiger partial charge in [0.2, 0.25) is 0 Å². The van der Waals surface area contributed by atoms with Gasteiger partial charge < -0.3 is 0 Å². The van der Waals surface area contributed by atoms with Gasteiger partial charge in [0.15, 0.2) is 0 Å².